The molecular formula is C22H19FN4O5. The minimum absolute atomic E-state index is 0.00706. The first-order valence-corrected chi connectivity index (χ1v) is 9.57. The maximum Gasteiger partial charge on any atom is 0.337 e. The highest BCUT2D eigenvalue weighted by atomic mass is 19.1. The van der Waals surface area contributed by atoms with E-state index < -0.39 is 23.0 Å². The molecule has 32 heavy (non-hydrogen) atoms. The first-order valence-electron chi connectivity index (χ1n) is 9.57. The topological polar surface area (TPSA) is 97.4 Å². The van der Waals surface area contributed by atoms with E-state index in [4.69, 9.17) is 4.74 Å². The summed E-state index contributed by atoms with van der Waals surface area (Å²) in [5.74, 6) is -0.629. The predicted octanol–water partition coefficient (Wildman–Crippen LogP) is 2.20. The molecule has 4 aromatic rings. The minimum Gasteiger partial charge on any atom is -0.465 e. The molecule has 0 radical (unpaired) electrons. The molecule has 0 fully saturated rings. The molecule has 2 heterocycles. The Hall–Kier alpha value is -4.21. The van der Waals surface area contributed by atoms with Crippen molar-refractivity contribution in [3.8, 4) is 11.8 Å². The van der Waals surface area contributed by atoms with Crippen molar-refractivity contribution in [1.29, 1.82) is 0 Å². The number of carbonyl (C=O) groups is 1. The summed E-state index contributed by atoms with van der Waals surface area (Å²) in [6.45, 7) is -0.0494. The number of rotatable bonds is 5. The van der Waals surface area contributed by atoms with Crippen molar-refractivity contribution in [3.05, 3.63) is 86.3 Å². The van der Waals surface area contributed by atoms with E-state index in [1.54, 1.807) is 18.2 Å². The number of ether oxygens (including phenoxy) is 2. The van der Waals surface area contributed by atoms with Crippen LogP contribution in [0.1, 0.15) is 15.9 Å². The Morgan fingerprint density at radius 1 is 1.03 bits per heavy atom. The molecule has 0 unspecified atom stereocenters. The quantitative estimate of drug-likeness (QED) is 0.443. The zero-order valence-corrected chi connectivity index (χ0v) is 17.5. The fourth-order valence-electron chi connectivity index (χ4n) is 3.33. The number of carbonyl (C=O) groups excluding carboxylic acids is 1. The Balaban J connectivity index is 1.87. The van der Waals surface area contributed by atoms with Gasteiger partial charge in [0.15, 0.2) is 11.2 Å². The van der Waals surface area contributed by atoms with Gasteiger partial charge in [0, 0.05) is 19.7 Å². The zero-order chi connectivity index (χ0) is 23.0. The van der Waals surface area contributed by atoms with Crippen LogP contribution < -0.4 is 16.0 Å². The number of hydrogen-bond acceptors (Lipinski definition) is 6. The first-order chi connectivity index (χ1) is 15.3. The average Bonchev–Trinajstić information content (AvgIpc) is 3.15. The van der Waals surface area contributed by atoms with Gasteiger partial charge in [-0.3, -0.25) is 18.5 Å². The van der Waals surface area contributed by atoms with E-state index in [-0.39, 0.29) is 23.7 Å². The van der Waals surface area contributed by atoms with E-state index in [0.29, 0.717) is 16.9 Å². The SMILES string of the molecule is COC(=O)c1ccc(Oc2nc3c(c(=O)n(C)c(=O)n3C)n2Cc2ccccc2F)cc1. The van der Waals surface area contributed by atoms with Crippen LogP contribution >= 0.6 is 0 Å². The molecule has 0 saturated heterocycles. The monoisotopic (exact) mass is 438 g/mol. The van der Waals surface area contributed by atoms with Gasteiger partial charge in [-0.1, -0.05) is 18.2 Å². The van der Waals surface area contributed by atoms with Gasteiger partial charge >= 0.3 is 17.7 Å². The molecule has 0 spiro atoms. The Kier molecular flexibility index (Phi) is 5.35. The molecule has 2 aromatic heterocycles. The molecule has 0 aliphatic carbocycles. The fraction of sp³-hybridized carbons (Fsp3) is 0.182. The molecule has 0 bridgehead atoms. The van der Waals surface area contributed by atoms with Crippen LogP contribution in [0.2, 0.25) is 0 Å². The minimum atomic E-state index is -0.581. The van der Waals surface area contributed by atoms with Crippen LogP contribution in [0.25, 0.3) is 11.2 Å². The molecule has 0 aliphatic heterocycles. The second-order valence-electron chi connectivity index (χ2n) is 7.07. The Morgan fingerprint density at radius 3 is 2.38 bits per heavy atom. The number of aryl methyl sites for hydroxylation is 1. The number of imidazole rings is 1. The maximum atomic E-state index is 14.4. The molecule has 0 amide bonds. The number of aromatic nitrogens is 4. The van der Waals surface area contributed by atoms with Crippen molar-refractivity contribution in [2.45, 2.75) is 6.54 Å². The summed E-state index contributed by atoms with van der Waals surface area (Å²) < 4.78 is 28.5. The lowest BCUT2D eigenvalue weighted by atomic mass is 10.2. The summed E-state index contributed by atoms with van der Waals surface area (Å²) in [5, 5.41) is 0. The molecule has 10 heteroatoms. The molecule has 0 N–H and O–H groups in total. The van der Waals surface area contributed by atoms with Crippen molar-refractivity contribution < 1.29 is 18.7 Å². The molecule has 0 saturated carbocycles. The molecule has 0 atom stereocenters. The molecule has 9 nitrogen and oxygen atoms in total. The van der Waals surface area contributed by atoms with Gasteiger partial charge in [-0.05, 0) is 30.3 Å². The summed E-state index contributed by atoms with van der Waals surface area (Å²) >= 11 is 0. The van der Waals surface area contributed by atoms with E-state index in [0.717, 1.165) is 4.57 Å². The smallest absolute Gasteiger partial charge is 0.337 e. The molecular weight excluding hydrogens is 419 g/mol. The van der Waals surface area contributed by atoms with Crippen molar-refractivity contribution in [1.82, 2.24) is 18.7 Å². The highest BCUT2D eigenvalue weighted by molar-refractivity contribution is 5.89. The number of nitrogens with zero attached hydrogens (tertiary/aromatic N) is 4. The molecule has 0 aliphatic rings. The van der Waals surface area contributed by atoms with Crippen LogP contribution in [0.15, 0.2) is 58.1 Å². The number of benzene rings is 2. The van der Waals surface area contributed by atoms with Crippen LogP contribution in [-0.2, 0) is 25.4 Å². The first kappa shape index (κ1) is 21.0. The number of methoxy groups -OCH3 is 1. The van der Waals surface area contributed by atoms with Gasteiger partial charge in [-0.2, -0.15) is 4.98 Å². The normalized spacial score (nSPS) is 11.0. The number of fused-ring (bicyclic) bond motifs is 1. The zero-order valence-electron chi connectivity index (χ0n) is 17.5. The average molecular weight is 438 g/mol. The standard InChI is InChI=1S/C22H19FN4O5/c1-25-18-17(19(28)26(2)22(25)30)27(12-14-6-4-5-7-16(14)23)21(24-18)32-15-10-8-13(9-11-15)20(29)31-3/h4-11H,12H2,1-3H3. The van der Waals surface area contributed by atoms with E-state index in [1.165, 1.54) is 60.7 Å². The third-order valence-corrected chi connectivity index (χ3v) is 5.08. The third-order valence-electron chi connectivity index (χ3n) is 5.08. The Morgan fingerprint density at radius 2 is 1.72 bits per heavy atom. The summed E-state index contributed by atoms with van der Waals surface area (Å²) in [5.41, 5.74) is -0.283. The largest absolute Gasteiger partial charge is 0.465 e. The van der Waals surface area contributed by atoms with Crippen LogP contribution in [0, 0.1) is 5.82 Å². The predicted molar refractivity (Wildman–Crippen MR) is 114 cm³/mol. The lowest BCUT2D eigenvalue weighted by Crippen LogP contribution is -2.37. The van der Waals surface area contributed by atoms with Crippen LogP contribution in [-0.4, -0.2) is 31.8 Å². The number of esters is 1. The summed E-state index contributed by atoms with van der Waals surface area (Å²) in [6, 6.07) is 12.2. The fourth-order valence-corrected chi connectivity index (χ4v) is 3.33. The molecule has 2 aromatic carbocycles. The van der Waals surface area contributed by atoms with Gasteiger partial charge in [0.05, 0.1) is 19.2 Å². The van der Waals surface area contributed by atoms with Gasteiger partial charge < -0.3 is 9.47 Å². The van der Waals surface area contributed by atoms with Gasteiger partial charge in [-0.15, -0.1) is 0 Å². The van der Waals surface area contributed by atoms with Gasteiger partial charge in [0.1, 0.15) is 11.6 Å². The Labute approximate surface area is 180 Å². The summed E-state index contributed by atoms with van der Waals surface area (Å²) in [6.07, 6.45) is 0. The van der Waals surface area contributed by atoms with E-state index in [2.05, 4.69) is 9.72 Å². The van der Waals surface area contributed by atoms with Crippen molar-refractivity contribution in [2.75, 3.05) is 7.11 Å². The third kappa shape index (κ3) is 3.55. The lowest BCUT2D eigenvalue weighted by molar-refractivity contribution is 0.0600. The lowest BCUT2D eigenvalue weighted by Gasteiger charge is -2.11. The highest BCUT2D eigenvalue weighted by Gasteiger charge is 2.21. The van der Waals surface area contributed by atoms with Crippen LogP contribution in [0.4, 0.5) is 4.39 Å². The van der Waals surface area contributed by atoms with Gasteiger partial charge in [-0.25, -0.2) is 14.0 Å². The van der Waals surface area contributed by atoms with Crippen LogP contribution in [0.3, 0.4) is 0 Å². The van der Waals surface area contributed by atoms with Gasteiger partial charge in [0.2, 0.25) is 0 Å². The van der Waals surface area contributed by atoms with Crippen molar-refractivity contribution >= 4 is 17.1 Å². The maximum absolute atomic E-state index is 14.4. The highest BCUT2D eigenvalue weighted by Crippen LogP contribution is 2.26. The molecule has 164 valence electrons. The Bertz CT molecular complexity index is 1450. The van der Waals surface area contributed by atoms with E-state index in [1.807, 2.05) is 0 Å². The van der Waals surface area contributed by atoms with Crippen molar-refractivity contribution in [3.63, 3.8) is 0 Å². The number of hydrogen-bond donors (Lipinski definition) is 0. The summed E-state index contributed by atoms with van der Waals surface area (Å²) in [7, 11) is 4.12. The van der Waals surface area contributed by atoms with E-state index in [9.17, 15) is 18.8 Å². The van der Waals surface area contributed by atoms with Crippen LogP contribution in [0.5, 0.6) is 11.8 Å². The van der Waals surface area contributed by atoms with Crippen molar-refractivity contribution in [2.24, 2.45) is 14.1 Å². The number of halogens is 1. The van der Waals surface area contributed by atoms with Gasteiger partial charge in [0.25, 0.3) is 5.56 Å². The second kappa shape index (κ2) is 8.14. The van der Waals surface area contributed by atoms with E-state index >= 15 is 0 Å². The second-order valence-corrected chi connectivity index (χ2v) is 7.07. The molecule has 4 rings (SSSR count). The summed E-state index contributed by atoms with van der Waals surface area (Å²) in [4.78, 5) is 41.3.